The number of carbonyl (C=O) groups excluding carboxylic acids is 2. The van der Waals surface area contributed by atoms with Gasteiger partial charge in [-0.3, -0.25) is 10.2 Å². The Balaban J connectivity index is 1.62. The van der Waals surface area contributed by atoms with Crippen molar-refractivity contribution in [3.05, 3.63) is 75.8 Å². The highest BCUT2D eigenvalue weighted by atomic mass is 35.5. The molecule has 0 fully saturated rings. The summed E-state index contributed by atoms with van der Waals surface area (Å²) in [7, 11) is 0. The van der Waals surface area contributed by atoms with Crippen LogP contribution in [-0.2, 0) is 16.0 Å². The second-order valence-corrected chi connectivity index (χ2v) is 6.18. The first kappa shape index (κ1) is 19.8. The third kappa shape index (κ3) is 7.17. The van der Waals surface area contributed by atoms with Gasteiger partial charge in [0.15, 0.2) is 0 Å². The van der Waals surface area contributed by atoms with Crippen molar-refractivity contribution in [2.24, 2.45) is 0 Å². The van der Waals surface area contributed by atoms with E-state index in [9.17, 15) is 9.59 Å². The zero-order valence-corrected chi connectivity index (χ0v) is 15.4. The molecule has 0 spiro atoms. The fourth-order valence-corrected chi connectivity index (χ4v) is 2.58. The third-order valence-corrected chi connectivity index (χ3v) is 3.94. The number of amides is 2. The minimum absolute atomic E-state index is 0.195. The molecule has 2 N–H and O–H groups in total. The van der Waals surface area contributed by atoms with E-state index in [1.54, 1.807) is 18.2 Å². The minimum atomic E-state index is -0.728. The number of hydrazine groups is 1. The zero-order valence-electron chi connectivity index (χ0n) is 13.9. The summed E-state index contributed by atoms with van der Waals surface area (Å²) >= 11 is 11.9. The van der Waals surface area contributed by atoms with Crippen molar-refractivity contribution >= 4 is 41.3 Å². The number of halogens is 2. The highest BCUT2D eigenvalue weighted by molar-refractivity contribution is 6.35. The van der Waals surface area contributed by atoms with Crippen molar-refractivity contribution < 1.29 is 14.3 Å². The van der Waals surface area contributed by atoms with E-state index < -0.39 is 12.0 Å². The van der Waals surface area contributed by atoms with E-state index in [-0.39, 0.29) is 6.61 Å². The van der Waals surface area contributed by atoms with E-state index in [4.69, 9.17) is 27.9 Å². The molecule has 136 valence electrons. The molecule has 0 aliphatic carbocycles. The molecule has 0 aromatic heterocycles. The molecule has 0 aliphatic rings. The lowest BCUT2D eigenvalue weighted by atomic mass is 10.1. The smallest absolute Gasteiger partial charge is 0.426 e. The van der Waals surface area contributed by atoms with Gasteiger partial charge >= 0.3 is 6.09 Å². The predicted molar refractivity (Wildman–Crippen MR) is 103 cm³/mol. The van der Waals surface area contributed by atoms with Crippen LogP contribution in [0.25, 0.3) is 6.08 Å². The van der Waals surface area contributed by atoms with E-state index >= 15 is 0 Å². The number of benzene rings is 2. The molecule has 2 rings (SSSR count). The van der Waals surface area contributed by atoms with Crippen LogP contribution in [0.4, 0.5) is 4.79 Å². The highest BCUT2D eigenvalue weighted by Crippen LogP contribution is 2.21. The summed E-state index contributed by atoms with van der Waals surface area (Å²) in [5.74, 6) is -0.459. The van der Waals surface area contributed by atoms with E-state index in [0.717, 1.165) is 11.1 Å². The quantitative estimate of drug-likeness (QED) is 0.434. The van der Waals surface area contributed by atoms with Crippen LogP contribution in [0.5, 0.6) is 0 Å². The first-order chi connectivity index (χ1) is 12.5. The Morgan fingerprint density at radius 3 is 2.54 bits per heavy atom. The SMILES string of the molecule is O=C(/C=C/c1ccccc1)NNC(=O)OCCCc1ccc(Cl)cc1Cl. The summed E-state index contributed by atoms with van der Waals surface area (Å²) in [5, 5.41) is 1.16. The fraction of sp³-hybridized carbons (Fsp3) is 0.158. The number of ether oxygens (including phenoxy) is 1. The average Bonchev–Trinajstić information content (AvgIpc) is 2.64. The Kier molecular flexibility index (Phi) is 7.99. The topological polar surface area (TPSA) is 67.4 Å². The maximum atomic E-state index is 11.6. The van der Waals surface area contributed by atoms with Gasteiger partial charge in [0.1, 0.15) is 0 Å². The van der Waals surface area contributed by atoms with Crippen LogP contribution in [0, 0.1) is 0 Å². The molecule has 0 bridgehead atoms. The summed E-state index contributed by atoms with van der Waals surface area (Å²) in [4.78, 5) is 23.1. The summed E-state index contributed by atoms with van der Waals surface area (Å²) in [6.45, 7) is 0.195. The molecule has 0 radical (unpaired) electrons. The van der Waals surface area contributed by atoms with Crippen molar-refractivity contribution in [2.75, 3.05) is 6.61 Å². The van der Waals surface area contributed by atoms with E-state index in [0.29, 0.717) is 22.9 Å². The number of carbonyl (C=O) groups is 2. The highest BCUT2D eigenvalue weighted by Gasteiger charge is 2.05. The van der Waals surface area contributed by atoms with Crippen molar-refractivity contribution in [2.45, 2.75) is 12.8 Å². The fourth-order valence-electron chi connectivity index (χ4n) is 2.08. The molecule has 0 aliphatic heterocycles. The van der Waals surface area contributed by atoms with Gasteiger partial charge in [-0.15, -0.1) is 0 Å². The van der Waals surface area contributed by atoms with Crippen LogP contribution >= 0.6 is 23.2 Å². The molecule has 0 unspecified atom stereocenters. The van der Waals surface area contributed by atoms with E-state index in [1.165, 1.54) is 6.08 Å². The summed E-state index contributed by atoms with van der Waals surface area (Å²) in [6.07, 6.45) is 3.47. The molecular weight excluding hydrogens is 375 g/mol. The number of aryl methyl sites for hydroxylation is 1. The lowest BCUT2D eigenvalue weighted by Gasteiger charge is -2.08. The monoisotopic (exact) mass is 392 g/mol. The molecular formula is C19H18Cl2N2O3. The Bertz CT molecular complexity index is 780. The molecule has 26 heavy (non-hydrogen) atoms. The molecule has 0 heterocycles. The normalized spacial score (nSPS) is 10.5. The molecule has 7 heteroatoms. The number of rotatable bonds is 6. The van der Waals surface area contributed by atoms with E-state index in [2.05, 4.69) is 10.9 Å². The van der Waals surface area contributed by atoms with Crippen molar-refractivity contribution in [3.8, 4) is 0 Å². The maximum absolute atomic E-state index is 11.6. The van der Waals surface area contributed by atoms with Gasteiger partial charge in [-0.25, -0.2) is 10.2 Å². The second-order valence-electron chi connectivity index (χ2n) is 5.33. The Morgan fingerprint density at radius 1 is 1.04 bits per heavy atom. The average molecular weight is 393 g/mol. The van der Waals surface area contributed by atoms with Crippen LogP contribution in [0.2, 0.25) is 10.0 Å². The molecule has 0 atom stereocenters. The molecule has 0 saturated heterocycles. The third-order valence-electron chi connectivity index (χ3n) is 3.35. The minimum Gasteiger partial charge on any atom is -0.448 e. The molecule has 2 amide bonds. The summed E-state index contributed by atoms with van der Waals surface area (Å²) in [5.41, 5.74) is 6.23. The second kappa shape index (κ2) is 10.5. The molecule has 2 aromatic carbocycles. The van der Waals surface area contributed by atoms with Gasteiger partial charge in [-0.2, -0.15) is 0 Å². The van der Waals surface area contributed by atoms with Gasteiger partial charge < -0.3 is 4.74 Å². The molecule has 2 aromatic rings. The van der Waals surface area contributed by atoms with Crippen LogP contribution < -0.4 is 10.9 Å². The van der Waals surface area contributed by atoms with Gasteiger partial charge in [-0.1, -0.05) is 59.6 Å². The molecule has 0 saturated carbocycles. The van der Waals surface area contributed by atoms with Crippen LogP contribution in [0.15, 0.2) is 54.6 Å². The Morgan fingerprint density at radius 2 is 1.81 bits per heavy atom. The largest absolute Gasteiger partial charge is 0.448 e. The molecule has 5 nitrogen and oxygen atoms in total. The van der Waals surface area contributed by atoms with Gasteiger partial charge in [-0.05, 0) is 42.2 Å². The van der Waals surface area contributed by atoms with Crippen molar-refractivity contribution in [1.82, 2.24) is 10.9 Å². The zero-order chi connectivity index (χ0) is 18.8. The summed E-state index contributed by atoms with van der Waals surface area (Å²) < 4.78 is 4.98. The number of hydrogen-bond acceptors (Lipinski definition) is 3. The van der Waals surface area contributed by atoms with Crippen LogP contribution in [0.3, 0.4) is 0 Å². The standard InChI is InChI=1S/C19H18Cl2N2O3/c20-16-10-9-15(17(21)13-16)7-4-12-26-19(25)23-22-18(24)11-8-14-5-2-1-3-6-14/h1-3,5-6,8-11,13H,4,7,12H2,(H,22,24)(H,23,25)/b11-8+. The maximum Gasteiger partial charge on any atom is 0.426 e. The summed E-state index contributed by atoms with van der Waals surface area (Å²) in [6, 6.07) is 14.6. The van der Waals surface area contributed by atoms with Gasteiger partial charge in [0.2, 0.25) is 0 Å². The Hall–Kier alpha value is -2.50. The number of nitrogens with one attached hydrogen (secondary N) is 2. The Labute approximate surface area is 161 Å². The van der Waals surface area contributed by atoms with Crippen molar-refractivity contribution in [3.63, 3.8) is 0 Å². The first-order valence-corrected chi connectivity index (χ1v) is 8.70. The lowest BCUT2D eigenvalue weighted by molar-refractivity contribution is -0.117. The van der Waals surface area contributed by atoms with Crippen LogP contribution in [0.1, 0.15) is 17.5 Å². The first-order valence-electron chi connectivity index (χ1n) is 7.94. The van der Waals surface area contributed by atoms with Gasteiger partial charge in [0, 0.05) is 16.1 Å². The lowest BCUT2D eigenvalue weighted by Crippen LogP contribution is -2.41. The van der Waals surface area contributed by atoms with Crippen molar-refractivity contribution in [1.29, 1.82) is 0 Å². The van der Waals surface area contributed by atoms with Crippen LogP contribution in [-0.4, -0.2) is 18.6 Å². The predicted octanol–water partition coefficient (Wildman–Crippen LogP) is 4.40. The number of hydrogen-bond donors (Lipinski definition) is 2. The van der Waals surface area contributed by atoms with E-state index in [1.807, 2.05) is 36.4 Å². The van der Waals surface area contributed by atoms with Gasteiger partial charge in [0.25, 0.3) is 5.91 Å². The van der Waals surface area contributed by atoms with Gasteiger partial charge in [0.05, 0.1) is 6.61 Å².